The molecule has 0 bridgehead atoms. The quantitative estimate of drug-likeness (QED) is 0.591. The first-order valence-corrected chi connectivity index (χ1v) is 7.12. The van der Waals surface area contributed by atoms with E-state index < -0.39 is 0 Å². The minimum atomic E-state index is 0.455. The van der Waals surface area contributed by atoms with Crippen LogP contribution in [0.3, 0.4) is 0 Å². The summed E-state index contributed by atoms with van der Waals surface area (Å²) in [5, 5.41) is 2.90. The van der Waals surface area contributed by atoms with E-state index in [9.17, 15) is 0 Å². The van der Waals surface area contributed by atoms with Crippen LogP contribution in [0.5, 0.6) is 0 Å². The second-order valence-electron chi connectivity index (χ2n) is 6.26. The van der Waals surface area contributed by atoms with Crippen LogP contribution in [0.1, 0.15) is 48.5 Å². The molecule has 0 saturated heterocycles. The van der Waals surface area contributed by atoms with Crippen molar-refractivity contribution < 1.29 is 0 Å². The summed E-state index contributed by atoms with van der Waals surface area (Å²) < 4.78 is 0. The predicted octanol–water partition coefficient (Wildman–Crippen LogP) is 4.26. The zero-order valence-electron chi connectivity index (χ0n) is 10.6. The molecule has 0 unspecified atom stereocenters. The average Bonchev–Trinajstić information content (AvgIpc) is 1.82. The molecule has 1 heteroatoms. The van der Waals surface area contributed by atoms with E-state index in [4.69, 9.17) is 0 Å². The third-order valence-electron chi connectivity index (χ3n) is 3.32. The first-order valence-electron chi connectivity index (χ1n) is 5.48. The summed E-state index contributed by atoms with van der Waals surface area (Å²) in [5.74, 6) is 0.894. The fourth-order valence-corrected chi connectivity index (χ4v) is 3.25. The maximum absolute atomic E-state index is 2.42. The van der Waals surface area contributed by atoms with E-state index in [2.05, 4.69) is 48.5 Å². The topological polar surface area (TPSA) is 0 Å². The van der Waals surface area contributed by atoms with Crippen LogP contribution < -0.4 is 0 Å². The first kappa shape index (κ1) is 13.5. The van der Waals surface area contributed by atoms with Gasteiger partial charge in [0.05, 0.1) is 0 Å². The van der Waals surface area contributed by atoms with Gasteiger partial charge in [-0.05, 0) is 0 Å². The summed E-state index contributed by atoms with van der Waals surface area (Å²) in [4.78, 5) is 0. The van der Waals surface area contributed by atoms with Crippen LogP contribution in [0.2, 0.25) is 10.6 Å². The van der Waals surface area contributed by atoms with E-state index in [1.165, 1.54) is 10.6 Å². The Labute approximate surface area is 91.2 Å². The fourth-order valence-electron chi connectivity index (χ4n) is 1.08. The summed E-state index contributed by atoms with van der Waals surface area (Å²) >= 11 is 0.659. The van der Waals surface area contributed by atoms with Crippen molar-refractivity contribution >= 4 is 15.2 Å². The number of rotatable bonds is 4. The van der Waals surface area contributed by atoms with E-state index in [-0.39, 0.29) is 0 Å². The molecule has 0 aromatic rings. The average molecular weight is 197 g/mol. The Bertz CT molecular complexity index is 140. The van der Waals surface area contributed by atoms with Gasteiger partial charge in [-0.1, -0.05) is 0 Å². The van der Waals surface area contributed by atoms with E-state index in [1.807, 2.05) is 0 Å². The molecule has 0 aromatic heterocycles. The van der Waals surface area contributed by atoms with Crippen molar-refractivity contribution in [2.24, 2.45) is 16.7 Å². The van der Waals surface area contributed by atoms with Gasteiger partial charge in [0.2, 0.25) is 0 Å². The second kappa shape index (κ2) is 4.85. The number of hydrogen-bond acceptors (Lipinski definition) is 0. The molecular weight excluding hydrogens is 171 g/mol. The van der Waals surface area contributed by atoms with Crippen LogP contribution in [-0.4, -0.2) is 15.2 Å². The molecule has 0 amide bonds. The van der Waals surface area contributed by atoms with Crippen LogP contribution >= 0.6 is 0 Å². The Balaban J connectivity index is 3.90. The predicted molar refractivity (Wildman–Crippen MR) is 63.4 cm³/mol. The molecule has 0 rings (SSSR count). The molecule has 0 saturated carbocycles. The Morgan fingerprint density at radius 1 is 1.00 bits per heavy atom. The summed E-state index contributed by atoms with van der Waals surface area (Å²) in [6.45, 7) is 16.6. The second-order valence-corrected chi connectivity index (χ2v) is 7.71. The third kappa shape index (κ3) is 5.09. The summed E-state index contributed by atoms with van der Waals surface area (Å²) in [6.07, 6.45) is 0. The Morgan fingerprint density at radius 2 is 1.46 bits per heavy atom. The molecule has 0 radical (unpaired) electrons. The molecule has 0 spiro atoms. The van der Waals surface area contributed by atoms with Crippen LogP contribution in [0.4, 0.5) is 0 Å². The fraction of sp³-hybridized carbons (Fsp3) is 1.00. The van der Waals surface area contributed by atoms with E-state index in [1.54, 1.807) is 0 Å². The zero-order chi connectivity index (χ0) is 10.7. The van der Waals surface area contributed by atoms with Gasteiger partial charge in [0, 0.05) is 0 Å². The van der Waals surface area contributed by atoms with Crippen molar-refractivity contribution in [3.05, 3.63) is 0 Å². The molecule has 0 nitrogen and oxygen atoms in total. The standard InChI is InChI=1S/C8H17.C4H9.Al/c1-7(2,3)8(4,5)6;1-4(2)3;/h1H2,2-6H3;4H,1H2,2-3H3;/q;;+1. The molecule has 0 N–H and O–H groups in total. The summed E-state index contributed by atoms with van der Waals surface area (Å²) in [7, 11) is 0. The van der Waals surface area contributed by atoms with E-state index >= 15 is 0 Å². The van der Waals surface area contributed by atoms with Gasteiger partial charge in [-0.15, -0.1) is 0 Å². The molecule has 0 atom stereocenters. The molecular formula is C12H26Al+. The molecule has 0 aliphatic rings. The van der Waals surface area contributed by atoms with Crippen molar-refractivity contribution in [3.63, 3.8) is 0 Å². The van der Waals surface area contributed by atoms with Crippen molar-refractivity contribution in [2.45, 2.75) is 59.0 Å². The van der Waals surface area contributed by atoms with Crippen molar-refractivity contribution in [1.29, 1.82) is 0 Å². The molecule has 0 fully saturated rings. The molecule has 0 aliphatic heterocycles. The van der Waals surface area contributed by atoms with Gasteiger partial charge in [-0.2, -0.15) is 0 Å². The van der Waals surface area contributed by atoms with Gasteiger partial charge in [0.15, 0.2) is 0 Å². The first-order chi connectivity index (χ1) is 5.67. The summed E-state index contributed by atoms with van der Waals surface area (Å²) in [5.41, 5.74) is 0.966. The van der Waals surface area contributed by atoms with Crippen molar-refractivity contribution in [3.8, 4) is 0 Å². The van der Waals surface area contributed by atoms with Gasteiger partial charge >= 0.3 is 91.0 Å². The van der Waals surface area contributed by atoms with Gasteiger partial charge in [0.25, 0.3) is 0 Å². The molecule has 13 heavy (non-hydrogen) atoms. The molecule has 76 valence electrons. The Hall–Kier alpha value is 0.532. The van der Waals surface area contributed by atoms with Gasteiger partial charge < -0.3 is 0 Å². The minimum absolute atomic E-state index is 0.455. The van der Waals surface area contributed by atoms with Gasteiger partial charge in [0.1, 0.15) is 0 Å². The monoisotopic (exact) mass is 197 g/mol. The molecule has 0 aromatic carbocycles. The third-order valence-corrected chi connectivity index (χ3v) is 5.91. The van der Waals surface area contributed by atoms with E-state index in [0.717, 1.165) is 5.92 Å². The summed E-state index contributed by atoms with van der Waals surface area (Å²) in [6, 6.07) is 0. The SMILES string of the molecule is CC(C)[CH2][Al+][CH2]C(C)(C)C(C)(C)C. The zero-order valence-corrected chi connectivity index (χ0v) is 11.7. The molecule has 0 heterocycles. The van der Waals surface area contributed by atoms with Crippen molar-refractivity contribution in [2.75, 3.05) is 0 Å². The Morgan fingerprint density at radius 3 is 1.77 bits per heavy atom. The van der Waals surface area contributed by atoms with Crippen LogP contribution in [0.25, 0.3) is 0 Å². The van der Waals surface area contributed by atoms with Crippen molar-refractivity contribution in [1.82, 2.24) is 0 Å². The van der Waals surface area contributed by atoms with Crippen LogP contribution in [0, 0.1) is 16.7 Å². The van der Waals surface area contributed by atoms with Gasteiger partial charge in [-0.3, -0.25) is 0 Å². The van der Waals surface area contributed by atoms with Crippen LogP contribution in [0.15, 0.2) is 0 Å². The normalized spacial score (nSPS) is 13.2. The van der Waals surface area contributed by atoms with E-state index in [0.29, 0.717) is 26.0 Å². The Kier molecular flexibility index (Phi) is 5.05. The van der Waals surface area contributed by atoms with Gasteiger partial charge in [-0.25, -0.2) is 0 Å². The number of hydrogen-bond donors (Lipinski definition) is 0. The van der Waals surface area contributed by atoms with Crippen LogP contribution in [-0.2, 0) is 0 Å². The maximum atomic E-state index is 2.42. The molecule has 0 aliphatic carbocycles.